The van der Waals surface area contributed by atoms with Crippen LogP contribution in [0, 0.1) is 5.92 Å². The Bertz CT molecular complexity index is 939. The van der Waals surface area contributed by atoms with Gasteiger partial charge in [0.15, 0.2) is 5.96 Å². The lowest BCUT2D eigenvalue weighted by Crippen LogP contribution is -2.40. The van der Waals surface area contributed by atoms with Crippen molar-refractivity contribution in [2.24, 2.45) is 10.9 Å². The van der Waals surface area contributed by atoms with Crippen LogP contribution in [0.5, 0.6) is 0 Å². The molecule has 0 amide bonds. The lowest BCUT2D eigenvalue weighted by atomic mass is 10.1. The molecule has 1 aliphatic rings. The van der Waals surface area contributed by atoms with Gasteiger partial charge in [0.05, 0.1) is 25.2 Å². The summed E-state index contributed by atoms with van der Waals surface area (Å²) in [5.41, 5.74) is 3.56. The summed E-state index contributed by atoms with van der Waals surface area (Å²) in [5.74, 6) is 1.48. The molecule has 0 saturated carbocycles. The highest BCUT2D eigenvalue weighted by atomic mass is 16.5. The third kappa shape index (κ3) is 5.07. The van der Waals surface area contributed by atoms with Crippen molar-refractivity contribution in [1.82, 2.24) is 19.8 Å². The van der Waals surface area contributed by atoms with E-state index in [0.29, 0.717) is 19.1 Å². The van der Waals surface area contributed by atoms with Crippen LogP contribution < -0.4 is 5.32 Å². The molecule has 1 N–H and O–H groups in total. The number of guanidine groups is 1. The molecule has 2 aromatic carbocycles. The van der Waals surface area contributed by atoms with Crippen LogP contribution in [-0.2, 0) is 17.9 Å². The van der Waals surface area contributed by atoms with Crippen molar-refractivity contribution in [2.75, 3.05) is 26.7 Å². The summed E-state index contributed by atoms with van der Waals surface area (Å²) in [4.78, 5) is 11.0. The number of nitrogens with one attached hydrogen (secondary N) is 1. The number of hydrogen-bond acceptors (Lipinski definition) is 3. The number of ether oxygens (including phenoxy) is 1. The monoisotopic (exact) mass is 403 g/mol. The van der Waals surface area contributed by atoms with Crippen molar-refractivity contribution < 1.29 is 4.74 Å². The number of aliphatic imine (C=N–C) groups is 1. The highest BCUT2D eigenvalue weighted by Gasteiger charge is 2.25. The maximum Gasteiger partial charge on any atom is 0.193 e. The van der Waals surface area contributed by atoms with E-state index in [0.717, 1.165) is 37.8 Å². The number of benzene rings is 2. The molecular formula is C24H29N5O. The second kappa shape index (κ2) is 10.1. The maximum absolute atomic E-state index is 5.96. The fourth-order valence-electron chi connectivity index (χ4n) is 3.90. The third-order valence-corrected chi connectivity index (χ3v) is 5.47. The average Bonchev–Trinajstić information content (AvgIpc) is 3.48. The highest BCUT2D eigenvalue weighted by molar-refractivity contribution is 5.80. The molecule has 3 aromatic rings. The summed E-state index contributed by atoms with van der Waals surface area (Å²) in [6.45, 7) is 4.15. The minimum Gasteiger partial charge on any atom is -0.376 e. The lowest BCUT2D eigenvalue weighted by molar-refractivity contribution is 0.0906. The molecule has 1 aromatic heterocycles. The zero-order valence-electron chi connectivity index (χ0n) is 17.4. The van der Waals surface area contributed by atoms with E-state index in [1.165, 1.54) is 11.1 Å². The van der Waals surface area contributed by atoms with Crippen LogP contribution in [0.25, 0.3) is 5.69 Å². The maximum atomic E-state index is 5.96. The lowest BCUT2D eigenvalue weighted by Gasteiger charge is -2.22. The zero-order valence-corrected chi connectivity index (χ0v) is 17.4. The van der Waals surface area contributed by atoms with Crippen LogP contribution in [0.3, 0.4) is 0 Å². The molecule has 1 unspecified atom stereocenters. The molecule has 156 valence electrons. The molecule has 1 fully saturated rings. The number of nitrogens with zero attached hydrogens (tertiary/aromatic N) is 4. The van der Waals surface area contributed by atoms with E-state index >= 15 is 0 Å². The van der Waals surface area contributed by atoms with Crippen LogP contribution in [0.4, 0.5) is 0 Å². The van der Waals surface area contributed by atoms with Crippen LogP contribution in [0.15, 0.2) is 78.3 Å². The first-order chi connectivity index (χ1) is 14.8. The smallest absolute Gasteiger partial charge is 0.193 e. The Labute approximate surface area is 178 Å². The Morgan fingerprint density at radius 2 is 2.00 bits per heavy atom. The molecule has 6 heteroatoms. The van der Waals surface area contributed by atoms with Crippen LogP contribution >= 0.6 is 0 Å². The van der Waals surface area contributed by atoms with Gasteiger partial charge in [-0.15, -0.1) is 0 Å². The van der Waals surface area contributed by atoms with E-state index in [1.807, 2.05) is 36.3 Å². The van der Waals surface area contributed by atoms with E-state index in [9.17, 15) is 0 Å². The zero-order chi connectivity index (χ0) is 20.6. The van der Waals surface area contributed by atoms with Gasteiger partial charge in [-0.05, 0) is 23.6 Å². The first-order valence-electron chi connectivity index (χ1n) is 10.5. The number of para-hydroxylation sites is 1. The van der Waals surface area contributed by atoms with E-state index in [-0.39, 0.29) is 0 Å². The minimum atomic E-state index is 0.533. The molecule has 6 nitrogen and oxygen atoms in total. The Morgan fingerprint density at radius 3 is 2.80 bits per heavy atom. The Kier molecular flexibility index (Phi) is 6.77. The van der Waals surface area contributed by atoms with Gasteiger partial charge >= 0.3 is 0 Å². The number of aromatic nitrogens is 2. The van der Waals surface area contributed by atoms with Gasteiger partial charge in [-0.3, -0.25) is 4.99 Å². The first kappa shape index (κ1) is 20.2. The molecule has 2 heterocycles. The van der Waals surface area contributed by atoms with Crippen molar-refractivity contribution >= 4 is 5.96 Å². The Hall–Kier alpha value is -3.12. The van der Waals surface area contributed by atoms with Crippen LogP contribution in [0.1, 0.15) is 17.5 Å². The van der Waals surface area contributed by atoms with Gasteiger partial charge < -0.3 is 19.5 Å². The van der Waals surface area contributed by atoms with Crippen molar-refractivity contribution in [1.29, 1.82) is 0 Å². The van der Waals surface area contributed by atoms with Gasteiger partial charge in [-0.25, -0.2) is 4.98 Å². The van der Waals surface area contributed by atoms with E-state index in [4.69, 9.17) is 4.74 Å². The summed E-state index contributed by atoms with van der Waals surface area (Å²) in [7, 11) is 1.85. The normalized spacial score (nSPS) is 16.8. The molecular weight excluding hydrogens is 374 g/mol. The van der Waals surface area contributed by atoms with Gasteiger partial charge in [0.2, 0.25) is 0 Å². The molecule has 0 bridgehead atoms. The van der Waals surface area contributed by atoms with Gasteiger partial charge in [-0.2, -0.15) is 0 Å². The van der Waals surface area contributed by atoms with Gasteiger partial charge in [0, 0.05) is 45.0 Å². The Morgan fingerprint density at radius 1 is 1.17 bits per heavy atom. The van der Waals surface area contributed by atoms with Crippen molar-refractivity contribution in [3.05, 3.63) is 84.4 Å². The SMILES string of the molecule is CN=C(NCc1ccccc1-n1ccnc1)N1CCC(COCc2ccccc2)C1. The first-order valence-corrected chi connectivity index (χ1v) is 10.5. The van der Waals surface area contributed by atoms with Crippen LogP contribution in [-0.4, -0.2) is 47.2 Å². The average molecular weight is 404 g/mol. The quantitative estimate of drug-likeness (QED) is 0.485. The second-order valence-corrected chi connectivity index (χ2v) is 7.60. The Balaban J connectivity index is 1.28. The number of hydrogen-bond donors (Lipinski definition) is 1. The topological polar surface area (TPSA) is 54.7 Å². The van der Waals surface area contributed by atoms with Crippen molar-refractivity contribution in [3.63, 3.8) is 0 Å². The molecule has 1 aliphatic heterocycles. The summed E-state index contributed by atoms with van der Waals surface area (Å²) in [6, 6.07) is 18.7. The molecule has 0 radical (unpaired) electrons. The molecule has 1 saturated heterocycles. The molecule has 0 aliphatic carbocycles. The summed E-state index contributed by atoms with van der Waals surface area (Å²) in [5, 5.41) is 3.53. The van der Waals surface area contributed by atoms with Gasteiger partial charge in [0.1, 0.15) is 0 Å². The predicted octanol–water partition coefficient (Wildman–Crippen LogP) is 3.49. The fraction of sp³-hybridized carbons (Fsp3) is 0.333. The van der Waals surface area contributed by atoms with Crippen molar-refractivity contribution in [3.8, 4) is 5.69 Å². The van der Waals surface area contributed by atoms with Crippen molar-refractivity contribution in [2.45, 2.75) is 19.6 Å². The molecule has 30 heavy (non-hydrogen) atoms. The predicted molar refractivity (Wildman–Crippen MR) is 120 cm³/mol. The van der Waals surface area contributed by atoms with Gasteiger partial charge in [-0.1, -0.05) is 48.5 Å². The van der Waals surface area contributed by atoms with E-state index < -0.39 is 0 Å². The summed E-state index contributed by atoms with van der Waals surface area (Å²) in [6.07, 6.45) is 6.72. The molecule has 4 rings (SSSR count). The summed E-state index contributed by atoms with van der Waals surface area (Å²) >= 11 is 0. The van der Waals surface area contributed by atoms with E-state index in [2.05, 4.69) is 62.7 Å². The number of imidazole rings is 1. The van der Waals surface area contributed by atoms with Crippen LogP contribution in [0.2, 0.25) is 0 Å². The number of rotatable bonds is 7. The van der Waals surface area contributed by atoms with E-state index in [1.54, 1.807) is 6.20 Å². The minimum absolute atomic E-state index is 0.533. The molecule has 0 spiro atoms. The molecule has 1 atom stereocenters. The number of likely N-dealkylation sites (tertiary alicyclic amines) is 1. The third-order valence-electron chi connectivity index (χ3n) is 5.47. The fourth-order valence-corrected chi connectivity index (χ4v) is 3.90. The standard InChI is InChI=1S/C24H29N5O/c1-25-24(27-15-22-9-5-6-10-23(22)29-14-12-26-19-29)28-13-11-21(16-28)18-30-17-20-7-3-2-4-8-20/h2-10,12,14,19,21H,11,13,15-18H2,1H3,(H,25,27). The largest absolute Gasteiger partial charge is 0.376 e. The second-order valence-electron chi connectivity index (χ2n) is 7.60. The highest BCUT2D eigenvalue weighted by Crippen LogP contribution is 2.18. The summed E-state index contributed by atoms with van der Waals surface area (Å²) < 4.78 is 7.99. The van der Waals surface area contributed by atoms with Gasteiger partial charge in [0.25, 0.3) is 0 Å².